The molecule has 0 fully saturated rings. The van der Waals surface area contributed by atoms with Gasteiger partial charge in [-0.15, -0.1) is 20.4 Å². The molecule has 0 aliphatic carbocycles. The summed E-state index contributed by atoms with van der Waals surface area (Å²) in [6.07, 6.45) is 0. The summed E-state index contributed by atoms with van der Waals surface area (Å²) in [5.41, 5.74) is 4.65. The van der Waals surface area contributed by atoms with Gasteiger partial charge >= 0.3 is 0 Å². The van der Waals surface area contributed by atoms with Gasteiger partial charge in [0.25, 0.3) is 16.6 Å². The number of carbonyl (C=O) groups excluding carboxylic acids is 1. The third-order valence-electron chi connectivity index (χ3n) is 3.62. The predicted molar refractivity (Wildman–Crippen MR) is 103 cm³/mol. The second-order valence-electron chi connectivity index (χ2n) is 5.30. The molecule has 0 aliphatic heterocycles. The van der Waals surface area contributed by atoms with Crippen molar-refractivity contribution < 1.29 is 9.90 Å². The molecule has 3 N–H and O–H groups in total. The maximum atomic E-state index is 12.5. The summed E-state index contributed by atoms with van der Waals surface area (Å²) in [5.74, 6) is -0.676. The lowest BCUT2D eigenvalue weighted by atomic mass is 10.1. The molecule has 0 unspecified atom stereocenters. The first-order valence-corrected chi connectivity index (χ1v) is 9.10. The molecule has 2 heterocycles. The summed E-state index contributed by atoms with van der Waals surface area (Å²) in [4.78, 5) is 26.0. The number of nitrogens with two attached hydrogens (primary N) is 1. The van der Waals surface area contributed by atoms with Crippen LogP contribution in [0.25, 0.3) is 0 Å². The van der Waals surface area contributed by atoms with E-state index in [0.29, 0.717) is 17.4 Å². The number of carbonyl (C=O) groups is 1. The van der Waals surface area contributed by atoms with Gasteiger partial charge in [0.2, 0.25) is 11.0 Å². The van der Waals surface area contributed by atoms with Gasteiger partial charge in [0.05, 0.1) is 0 Å². The van der Waals surface area contributed by atoms with Crippen LogP contribution in [0.15, 0.2) is 15.0 Å². The van der Waals surface area contributed by atoms with Crippen LogP contribution < -0.4 is 16.2 Å². The van der Waals surface area contributed by atoms with Crippen LogP contribution in [0.1, 0.15) is 22.8 Å². The molecule has 12 heteroatoms. The summed E-state index contributed by atoms with van der Waals surface area (Å²) in [6.45, 7) is 3.96. The third kappa shape index (κ3) is 3.85. The Balaban J connectivity index is 2.46. The zero-order valence-electron chi connectivity index (χ0n) is 14.5. The Morgan fingerprint density at radius 1 is 1.42 bits per heavy atom. The molecule has 10 nitrogen and oxygen atoms in total. The smallest absolute Gasteiger partial charge is 0.281 e. The van der Waals surface area contributed by atoms with Gasteiger partial charge in [-0.3, -0.25) is 14.2 Å². The van der Waals surface area contributed by atoms with Gasteiger partial charge in [0, 0.05) is 31.5 Å². The predicted octanol–water partition coefficient (Wildman–Crippen LogP) is 1.61. The Morgan fingerprint density at radius 2 is 2.12 bits per heavy atom. The van der Waals surface area contributed by atoms with Gasteiger partial charge in [0.15, 0.2) is 5.69 Å². The highest BCUT2D eigenvalue weighted by molar-refractivity contribution is 7.80. The minimum absolute atomic E-state index is 0.0843. The molecule has 0 bridgehead atoms. The van der Waals surface area contributed by atoms with Crippen LogP contribution in [0, 0.1) is 6.92 Å². The number of aromatic nitrogens is 3. The molecule has 0 spiro atoms. The fraction of sp³-hybridized carbons (Fsp3) is 0.429. The Bertz CT molecular complexity index is 907. The van der Waals surface area contributed by atoms with E-state index in [1.165, 1.54) is 18.3 Å². The summed E-state index contributed by atoms with van der Waals surface area (Å²) in [7, 11) is 1.85. The number of amides is 1. The molecule has 1 amide bonds. The van der Waals surface area contributed by atoms with Gasteiger partial charge in [-0.05, 0) is 13.8 Å². The minimum atomic E-state index is -0.856. The largest absolute Gasteiger partial charge is 0.494 e. The van der Waals surface area contributed by atoms with Crippen molar-refractivity contribution in [3.05, 3.63) is 21.5 Å². The first kappa shape index (κ1) is 19.8. The lowest BCUT2D eigenvalue weighted by Gasteiger charge is -2.12. The van der Waals surface area contributed by atoms with Crippen molar-refractivity contribution in [1.29, 1.82) is 0 Å². The molecule has 140 valence electrons. The number of pyridine rings is 1. The van der Waals surface area contributed by atoms with E-state index in [2.05, 4.69) is 33.1 Å². The zero-order valence-corrected chi connectivity index (χ0v) is 16.2. The van der Waals surface area contributed by atoms with Crippen molar-refractivity contribution in [3.63, 3.8) is 0 Å². The lowest BCUT2D eigenvalue weighted by molar-refractivity contribution is 0.0995. The van der Waals surface area contributed by atoms with Gasteiger partial charge in [-0.2, -0.15) is 12.6 Å². The molecule has 0 saturated heterocycles. The number of rotatable bonds is 7. The molecule has 0 aliphatic rings. The highest BCUT2D eigenvalue weighted by atomic mass is 32.1. The molecule has 0 aromatic carbocycles. The van der Waals surface area contributed by atoms with Crippen molar-refractivity contribution in [3.8, 4) is 5.88 Å². The van der Waals surface area contributed by atoms with Crippen LogP contribution in [0.2, 0.25) is 0 Å². The minimum Gasteiger partial charge on any atom is -0.494 e. The van der Waals surface area contributed by atoms with E-state index in [9.17, 15) is 14.7 Å². The number of hydrogen-bond donors (Lipinski definition) is 3. The normalized spacial score (nSPS) is 11.2. The highest BCUT2D eigenvalue weighted by Crippen LogP contribution is 2.29. The van der Waals surface area contributed by atoms with E-state index >= 15 is 0 Å². The maximum absolute atomic E-state index is 12.5. The van der Waals surface area contributed by atoms with Crippen molar-refractivity contribution >= 4 is 45.8 Å². The van der Waals surface area contributed by atoms with Gasteiger partial charge in [-0.25, -0.2) is 0 Å². The van der Waals surface area contributed by atoms with Crippen LogP contribution in [-0.2, 0) is 6.54 Å². The molecule has 0 saturated carbocycles. The van der Waals surface area contributed by atoms with E-state index in [0.717, 1.165) is 4.57 Å². The van der Waals surface area contributed by atoms with Crippen molar-refractivity contribution in [2.45, 2.75) is 20.4 Å². The van der Waals surface area contributed by atoms with Crippen molar-refractivity contribution in [1.82, 2.24) is 14.8 Å². The van der Waals surface area contributed by atoms with E-state index in [4.69, 9.17) is 5.73 Å². The molecular formula is C14H19N7O3S2. The Morgan fingerprint density at radius 3 is 2.69 bits per heavy atom. The zero-order chi connectivity index (χ0) is 19.4. The van der Waals surface area contributed by atoms with Crippen LogP contribution in [-0.4, -0.2) is 45.1 Å². The number of aromatic hydroxyl groups is 1. The summed E-state index contributed by atoms with van der Waals surface area (Å²) in [6, 6.07) is 0. The topological polar surface area (TPSA) is 139 Å². The average Bonchev–Trinajstić information content (AvgIpc) is 3.04. The van der Waals surface area contributed by atoms with E-state index < -0.39 is 17.3 Å². The van der Waals surface area contributed by atoms with Crippen LogP contribution in [0.5, 0.6) is 5.88 Å². The average molecular weight is 397 g/mol. The number of azo groups is 1. The molecule has 0 atom stereocenters. The number of hydrogen-bond acceptors (Lipinski definition) is 10. The number of thiol groups is 1. The fourth-order valence-corrected chi connectivity index (χ4v) is 3.21. The first-order chi connectivity index (χ1) is 12.3. The first-order valence-electron chi connectivity index (χ1n) is 7.65. The molecule has 2 aromatic rings. The van der Waals surface area contributed by atoms with Crippen molar-refractivity contribution in [2.75, 3.05) is 24.2 Å². The second-order valence-corrected chi connectivity index (χ2v) is 6.68. The summed E-state index contributed by atoms with van der Waals surface area (Å²) < 4.78 is 1.01. The van der Waals surface area contributed by atoms with Crippen LogP contribution in [0.3, 0.4) is 0 Å². The third-order valence-corrected chi connectivity index (χ3v) is 4.74. The van der Waals surface area contributed by atoms with Gasteiger partial charge in [0.1, 0.15) is 5.56 Å². The molecule has 0 radical (unpaired) electrons. The molecule has 2 aromatic heterocycles. The number of primary amides is 1. The monoisotopic (exact) mass is 397 g/mol. The van der Waals surface area contributed by atoms with Gasteiger partial charge < -0.3 is 15.7 Å². The van der Waals surface area contributed by atoms with Crippen LogP contribution in [0.4, 0.5) is 16.0 Å². The molecule has 26 heavy (non-hydrogen) atoms. The Kier molecular flexibility index (Phi) is 6.32. The summed E-state index contributed by atoms with van der Waals surface area (Å²) >= 11 is 5.35. The number of anilines is 1. The molecular weight excluding hydrogens is 378 g/mol. The maximum Gasteiger partial charge on any atom is 0.281 e. The molecule has 2 rings (SSSR count). The van der Waals surface area contributed by atoms with E-state index in [1.807, 2.05) is 11.9 Å². The quantitative estimate of drug-likeness (QED) is 0.479. The summed E-state index contributed by atoms with van der Waals surface area (Å²) in [5, 5.41) is 26.8. The van der Waals surface area contributed by atoms with Crippen molar-refractivity contribution in [2.24, 2.45) is 16.0 Å². The van der Waals surface area contributed by atoms with Crippen LogP contribution >= 0.6 is 24.0 Å². The lowest BCUT2D eigenvalue weighted by Crippen LogP contribution is -2.25. The highest BCUT2D eigenvalue weighted by Gasteiger charge is 2.22. The standard InChI is InChI=1S/C14H19N7O3S2/c1-4-21-11(23)8(10(15)22)7(2)9(12(21)24)16-17-13-18-19-14(26-13)20(3)5-6-25/h23,25H,4-6H2,1-3H3,(H2,15,22). The van der Waals surface area contributed by atoms with E-state index in [1.54, 1.807) is 6.92 Å². The second kappa shape index (κ2) is 8.27. The number of nitrogens with zero attached hydrogens (tertiary/aromatic N) is 6. The SMILES string of the molecule is CCn1c(O)c(C(N)=O)c(C)c(N=Nc2nnc(N(C)CCS)s2)c1=O. The fourth-order valence-electron chi connectivity index (χ4n) is 2.25. The Hall–Kier alpha value is -2.47. The van der Waals surface area contributed by atoms with E-state index in [-0.39, 0.29) is 28.5 Å². The Labute approximate surface area is 158 Å². The van der Waals surface area contributed by atoms with Gasteiger partial charge in [-0.1, -0.05) is 11.3 Å².